The van der Waals surface area contributed by atoms with Crippen LogP contribution < -0.4 is 0 Å². The van der Waals surface area contributed by atoms with Crippen molar-refractivity contribution in [1.29, 1.82) is 0 Å². The van der Waals surface area contributed by atoms with Crippen LogP contribution in [0.4, 0.5) is 0 Å². The van der Waals surface area contributed by atoms with Crippen LogP contribution in [0.15, 0.2) is 61.2 Å². The van der Waals surface area contributed by atoms with Crippen LogP contribution in [0, 0.1) is 0 Å². The number of rotatable bonds is 1. The summed E-state index contributed by atoms with van der Waals surface area (Å²) in [5.41, 5.74) is 1.23. The summed E-state index contributed by atoms with van der Waals surface area (Å²) in [4.78, 5) is 0. The zero-order valence-corrected chi connectivity index (χ0v) is 10.4. The molecule has 1 heteroatoms. The first-order valence-corrected chi connectivity index (χ1v) is 5.88. The summed E-state index contributed by atoms with van der Waals surface area (Å²) >= 11 is 0. The van der Waals surface area contributed by atoms with E-state index in [2.05, 4.69) is 61.2 Å². The van der Waals surface area contributed by atoms with E-state index in [0.29, 0.717) is 0 Å². The Balaban J connectivity index is 0.000000574. The molecule has 0 aliphatic rings. The number of hydrogen-bond donors (Lipinski definition) is 1. The van der Waals surface area contributed by atoms with Gasteiger partial charge in [-0.2, -0.15) is 0 Å². The number of hydrogen-bond acceptors (Lipinski definition) is 1. The fourth-order valence-corrected chi connectivity index (χ4v) is 2.27. The first-order valence-electron chi connectivity index (χ1n) is 5.88. The Morgan fingerprint density at radius 1 is 0.833 bits per heavy atom. The van der Waals surface area contributed by atoms with Gasteiger partial charge in [-0.1, -0.05) is 61.2 Å². The van der Waals surface area contributed by atoms with E-state index in [1.54, 1.807) is 0 Å². The van der Waals surface area contributed by atoms with E-state index in [-0.39, 0.29) is 0 Å². The molecule has 0 heterocycles. The van der Waals surface area contributed by atoms with Gasteiger partial charge in [-0.3, -0.25) is 0 Å². The molecule has 90 valence electrons. The maximum Gasteiger partial charge on any atom is 0.0319 e. The van der Waals surface area contributed by atoms with E-state index >= 15 is 0 Å². The standard InChI is InChI=1S/C16H12.CH4O/c1-2-14-15-9-5-3-7-12(15)11-13-8-4-6-10-16(13)14;1-2/h2-11H,1H2;2H,1H3. The molecule has 0 spiro atoms. The highest BCUT2D eigenvalue weighted by Gasteiger charge is 2.03. The Kier molecular flexibility index (Phi) is 3.75. The fraction of sp³-hybridized carbons (Fsp3) is 0.0588. The lowest BCUT2D eigenvalue weighted by atomic mass is 9.97. The Morgan fingerprint density at radius 2 is 1.28 bits per heavy atom. The molecule has 0 aromatic heterocycles. The van der Waals surface area contributed by atoms with E-state index in [0.717, 1.165) is 7.11 Å². The maximum atomic E-state index is 7.00. The summed E-state index contributed by atoms with van der Waals surface area (Å²) in [6.07, 6.45) is 1.95. The molecule has 0 unspecified atom stereocenters. The molecule has 18 heavy (non-hydrogen) atoms. The van der Waals surface area contributed by atoms with Crippen LogP contribution in [0.1, 0.15) is 5.56 Å². The van der Waals surface area contributed by atoms with Gasteiger partial charge in [0, 0.05) is 7.11 Å². The smallest absolute Gasteiger partial charge is 0.0319 e. The summed E-state index contributed by atoms with van der Waals surface area (Å²) < 4.78 is 0. The second-order valence-electron chi connectivity index (χ2n) is 3.94. The van der Waals surface area contributed by atoms with Crippen molar-refractivity contribution in [3.63, 3.8) is 0 Å². The van der Waals surface area contributed by atoms with Crippen molar-refractivity contribution in [1.82, 2.24) is 0 Å². The number of aliphatic hydroxyl groups excluding tert-OH is 1. The van der Waals surface area contributed by atoms with Gasteiger partial charge in [-0.05, 0) is 33.2 Å². The summed E-state index contributed by atoms with van der Waals surface area (Å²) in [5.74, 6) is 0. The first kappa shape index (κ1) is 12.3. The summed E-state index contributed by atoms with van der Waals surface area (Å²) in [6.45, 7) is 3.93. The van der Waals surface area contributed by atoms with Gasteiger partial charge < -0.3 is 5.11 Å². The molecular weight excluding hydrogens is 220 g/mol. The molecule has 3 rings (SSSR count). The Hall–Kier alpha value is -2.12. The highest BCUT2D eigenvalue weighted by Crippen LogP contribution is 2.28. The van der Waals surface area contributed by atoms with Gasteiger partial charge in [-0.25, -0.2) is 0 Å². The van der Waals surface area contributed by atoms with Crippen molar-refractivity contribution in [2.75, 3.05) is 7.11 Å². The van der Waals surface area contributed by atoms with Gasteiger partial charge in [0.2, 0.25) is 0 Å². The Bertz CT molecular complexity index is 629. The van der Waals surface area contributed by atoms with Crippen molar-refractivity contribution in [3.8, 4) is 0 Å². The van der Waals surface area contributed by atoms with Crippen LogP contribution in [0.3, 0.4) is 0 Å². The molecule has 0 atom stereocenters. The lowest BCUT2D eigenvalue weighted by molar-refractivity contribution is 0.399. The van der Waals surface area contributed by atoms with Crippen LogP contribution in [0.5, 0.6) is 0 Å². The molecule has 0 aliphatic heterocycles. The zero-order chi connectivity index (χ0) is 13.0. The third kappa shape index (κ3) is 2.01. The van der Waals surface area contributed by atoms with E-state index in [1.165, 1.54) is 27.1 Å². The molecule has 3 aromatic carbocycles. The molecule has 0 amide bonds. The lowest BCUT2D eigenvalue weighted by Crippen LogP contribution is -1.82. The molecule has 0 saturated heterocycles. The largest absolute Gasteiger partial charge is 0.400 e. The second-order valence-corrected chi connectivity index (χ2v) is 3.94. The van der Waals surface area contributed by atoms with Crippen molar-refractivity contribution < 1.29 is 5.11 Å². The third-order valence-electron chi connectivity index (χ3n) is 3.02. The predicted octanol–water partition coefficient (Wildman–Crippen LogP) is 4.24. The topological polar surface area (TPSA) is 20.2 Å². The molecule has 0 bridgehead atoms. The van der Waals surface area contributed by atoms with Crippen LogP contribution in [0.25, 0.3) is 27.6 Å². The SMILES string of the molecule is C=Cc1c2ccccc2cc2ccccc12.CO. The summed E-state index contributed by atoms with van der Waals surface area (Å²) in [5, 5.41) is 12.1. The highest BCUT2D eigenvalue weighted by atomic mass is 16.2. The summed E-state index contributed by atoms with van der Waals surface area (Å²) in [7, 11) is 1.00. The highest BCUT2D eigenvalue weighted by molar-refractivity contribution is 6.06. The van der Waals surface area contributed by atoms with Crippen LogP contribution >= 0.6 is 0 Å². The summed E-state index contributed by atoms with van der Waals surface area (Å²) in [6, 6.07) is 19.1. The average molecular weight is 236 g/mol. The fourth-order valence-electron chi connectivity index (χ4n) is 2.27. The second kappa shape index (κ2) is 5.48. The van der Waals surface area contributed by atoms with Crippen molar-refractivity contribution in [2.45, 2.75) is 0 Å². The number of fused-ring (bicyclic) bond motifs is 2. The molecule has 0 saturated carbocycles. The molecule has 3 aromatic rings. The van der Waals surface area contributed by atoms with Crippen LogP contribution in [-0.4, -0.2) is 12.2 Å². The number of aliphatic hydroxyl groups is 1. The monoisotopic (exact) mass is 236 g/mol. The van der Waals surface area contributed by atoms with Gasteiger partial charge in [-0.15, -0.1) is 0 Å². The molecule has 0 aliphatic carbocycles. The lowest BCUT2D eigenvalue weighted by Gasteiger charge is -2.07. The first-order chi connectivity index (χ1) is 8.90. The molecule has 0 radical (unpaired) electrons. The Morgan fingerprint density at radius 3 is 1.72 bits per heavy atom. The molecular formula is C17H16O. The Labute approximate surface area is 107 Å². The predicted molar refractivity (Wildman–Crippen MR) is 79.7 cm³/mol. The average Bonchev–Trinajstić information content (AvgIpc) is 2.46. The minimum absolute atomic E-state index is 1.00. The van der Waals surface area contributed by atoms with Gasteiger partial charge in [0.1, 0.15) is 0 Å². The van der Waals surface area contributed by atoms with E-state index < -0.39 is 0 Å². The molecule has 1 N–H and O–H groups in total. The van der Waals surface area contributed by atoms with Crippen molar-refractivity contribution in [3.05, 3.63) is 66.7 Å². The van der Waals surface area contributed by atoms with Gasteiger partial charge >= 0.3 is 0 Å². The maximum absolute atomic E-state index is 7.00. The van der Waals surface area contributed by atoms with Gasteiger partial charge in [0.25, 0.3) is 0 Å². The van der Waals surface area contributed by atoms with E-state index in [9.17, 15) is 0 Å². The van der Waals surface area contributed by atoms with Crippen LogP contribution in [-0.2, 0) is 0 Å². The minimum atomic E-state index is 1.00. The third-order valence-corrected chi connectivity index (χ3v) is 3.02. The van der Waals surface area contributed by atoms with Crippen LogP contribution in [0.2, 0.25) is 0 Å². The van der Waals surface area contributed by atoms with Gasteiger partial charge in [0.15, 0.2) is 0 Å². The van der Waals surface area contributed by atoms with Crippen molar-refractivity contribution in [2.24, 2.45) is 0 Å². The normalized spacial score (nSPS) is 9.89. The quantitative estimate of drug-likeness (QED) is 0.626. The van der Waals surface area contributed by atoms with E-state index in [1.807, 2.05) is 6.08 Å². The van der Waals surface area contributed by atoms with Gasteiger partial charge in [0.05, 0.1) is 0 Å². The zero-order valence-electron chi connectivity index (χ0n) is 10.4. The minimum Gasteiger partial charge on any atom is -0.400 e. The van der Waals surface area contributed by atoms with E-state index in [4.69, 9.17) is 5.11 Å². The van der Waals surface area contributed by atoms with Crippen molar-refractivity contribution >= 4 is 27.6 Å². The number of benzene rings is 3. The molecule has 1 nitrogen and oxygen atoms in total. The molecule has 0 fully saturated rings.